The fraction of sp³-hybridized carbons (Fsp3) is 0.696. The summed E-state index contributed by atoms with van der Waals surface area (Å²) in [6.07, 6.45) is 7.21. The second-order valence-corrected chi connectivity index (χ2v) is 7.88. The van der Waals surface area contributed by atoms with Gasteiger partial charge in [0.1, 0.15) is 5.75 Å². The van der Waals surface area contributed by atoms with Crippen LogP contribution < -0.4 is 15.4 Å². The first-order chi connectivity index (χ1) is 14.3. The van der Waals surface area contributed by atoms with Gasteiger partial charge in [-0.2, -0.15) is 0 Å². The maximum Gasteiger partial charge on any atom is 0.191 e. The zero-order valence-corrected chi connectivity index (χ0v) is 17.8. The summed E-state index contributed by atoms with van der Waals surface area (Å²) in [5.74, 6) is 2.48. The van der Waals surface area contributed by atoms with Crippen molar-refractivity contribution in [2.75, 3.05) is 39.5 Å². The number of benzene rings is 1. The zero-order chi connectivity index (χ0) is 20.2. The summed E-state index contributed by atoms with van der Waals surface area (Å²) in [5.41, 5.74) is 1.14. The molecule has 0 spiro atoms. The molecule has 2 fully saturated rings. The molecular formula is C23H37N3O3. The first-order valence-corrected chi connectivity index (χ1v) is 11.3. The molecular weight excluding hydrogens is 366 g/mol. The highest BCUT2D eigenvalue weighted by atomic mass is 16.5. The lowest BCUT2D eigenvalue weighted by molar-refractivity contribution is 0.0203. The molecule has 1 aliphatic heterocycles. The van der Waals surface area contributed by atoms with Crippen LogP contribution in [0, 0.1) is 5.92 Å². The summed E-state index contributed by atoms with van der Waals surface area (Å²) in [6, 6.07) is 8.24. The Labute approximate surface area is 175 Å². The van der Waals surface area contributed by atoms with Crippen LogP contribution >= 0.6 is 0 Å². The van der Waals surface area contributed by atoms with Gasteiger partial charge in [0.15, 0.2) is 5.96 Å². The quantitative estimate of drug-likeness (QED) is 0.336. The highest BCUT2D eigenvalue weighted by molar-refractivity contribution is 5.79. The van der Waals surface area contributed by atoms with E-state index in [0.29, 0.717) is 18.6 Å². The van der Waals surface area contributed by atoms with Crippen LogP contribution in [-0.2, 0) is 16.0 Å². The average molecular weight is 404 g/mol. The van der Waals surface area contributed by atoms with E-state index in [1.165, 1.54) is 19.3 Å². The molecule has 0 unspecified atom stereocenters. The lowest BCUT2D eigenvalue weighted by Gasteiger charge is -2.27. The molecule has 6 nitrogen and oxygen atoms in total. The Bertz CT molecular complexity index is 613. The average Bonchev–Trinajstić information content (AvgIpc) is 2.72. The molecule has 0 atom stereocenters. The van der Waals surface area contributed by atoms with Crippen molar-refractivity contribution in [2.24, 2.45) is 10.9 Å². The van der Waals surface area contributed by atoms with Crippen LogP contribution in [0.2, 0.25) is 0 Å². The molecule has 29 heavy (non-hydrogen) atoms. The van der Waals surface area contributed by atoms with Crippen molar-refractivity contribution < 1.29 is 14.2 Å². The van der Waals surface area contributed by atoms with Crippen LogP contribution in [0.3, 0.4) is 0 Å². The van der Waals surface area contributed by atoms with Gasteiger partial charge in [0.25, 0.3) is 0 Å². The number of nitrogens with zero attached hydrogens (tertiary/aromatic N) is 1. The minimum atomic E-state index is 0.382. The van der Waals surface area contributed by atoms with Crippen LogP contribution in [0.5, 0.6) is 5.75 Å². The zero-order valence-electron chi connectivity index (χ0n) is 17.8. The highest BCUT2D eigenvalue weighted by Gasteiger charge is 2.20. The van der Waals surface area contributed by atoms with Crippen molar-refractivity contribution in [3.05, 3.63) is 29.8 Å². The summed E-state index contributed by atoms with van der Waals surface area (Å²) in [4.78, 5) is 4.75. The van der Waals surface area contributed by atoms with Gasteiger partial charge in [0.05, 0.1) is 12.6 Å². The Morgan fingerprint density at radius 1 is 1.14 bits per heavy atom. The predicted octanol–water partition coefficient (Wildman–Crippen LogP) is 3.51. The van der Waals surface area contributed by atoms with Gasteiger partial charge in [-0.3, -0.25) is 0 Å². The number of guanidine groups is 1. The third-order valence-corrected chi connectivity index (χ3v) is 5.52. The molecule has 1 saturated heterocycles. The molecule has 0 radical (unpaired) electrons. The van der Waals surface area contributed by atoms with E-state index in [0.717, 1.165) is 76.1 Å². The van der Waals surface area contributed by atoms with Gasteiger partial charge < -0.3 is 24.8 Å². The fourth-order valence-electron chi connectivity index (χ4n) is 3.47. The molecule has 0 bridgehead atoms. The summed E-state index contributed by atoms with van der Waals surface area (Å²) in [5, 5.41) is 6.73. The van der Waals surface area contributed by atoms with Crippen LogP contribution in [0.4, 0.5) is 0 Å². The van der Waals surface area contributed by atoms with E-state index in [4.69, 9.17) is 19.2 Å². The third-order valence-electron chi connectivity index (χ3n) is 5.52. The molecule has 0 aromatic heterocycles. The SMILES string of the molecule is CCNC(=NCc1ccccc1OC1CCC1)NCCCOCC1CCOCC1. The lowest BCUT2D eigenvalue weighted by Crippen LogP contribution is -2.38. The maximum absolute atomic E-state index is 6.11. The molecule has 162 valence electrons. The van der Waals surface area contributed by atoms with Gasteiger partial charge in [0.2, 0.25) is 0 Å². The van der Waals surface area contributed by atoms with Crippen LogP contribution in [0.25, 0.3) is 0 Å². The highest BCUT2D eigenvalue weighted by Crippen LogP contribution is 2.27. The molecule has 2 N–H and O–H groups in total. The summed E-state index contributed by atoms with van der Waals surface area (Å²) >= 11 is 0. The predicted molar refractivity (Wildman–Crippen MR) is 117 cm³/mol. The largest absolute Gasteiger partial charge is 0.490 e. The van der Waals surface area contributed by atoms with E-state index in [2.05, 4.69) is 35.8 Å². The van der Waals surface area contributed by atoms with E-state index in [1.807, 2.05) is 6.07 Å². The summed E-state index contributed by atoms with van der Waals surface area (Å²) < 4.78 is 17.3. The number of ether oxygens (including phenoxy) is 3. The first kappa shape index (κ1) is 21.9. The van der Waals surface area contributed by atoms with Crippen molar-refractivity contribution in [3.63, 3.8) is 0 Å². The van der Waals surface area contributed by atoms with Gasteiger partial charge in [-0.1, -0.05) is 18.2 Å². The summed E-state index contributed by atoms with van der Waals surface area (Å²) in [6.45, 7) is 7.78. The minimum Gasteiger partial charge on any atom is -0.490 e. The maximum atomic E-state index is 6.11. The molecule has 1 aromatic rings. The molecule has 2 aliphatic rings. The van der Waals surface area contributed by atoms with E-state index < -0.39 is 0 Å². The van der Waals surface area contributed by atoms with Gasteiger partial charge in [0, 0.05) is 45.1 Å². The smallest absolute Gasteiger partial charge is 0.191 e. The summed E-state index contributed by atoms with van der Waals surface area (Å²) in [7, 11) is 0. The standard InChI is InChI=1S/C23H37N3O3/c1-2-24-23(25-13-6-14-28-18-19-11-15-27-16-12-19)26-17-20-7-3-4-10-22(20)29-21-8-5-9-21/h3-4,7,10,19,21H,2,5-6,8-9,11-18H2,1H3,(H2,24,25,26). The Balaban J connectivity index is 1.38. The van der Waals surface area contributed by atoms with Crippen molar-refractivity contribution in [2.45, 2.75) is 58.1 Å². The minimum absolute atomic E-state index is 0.382. The van der Waals surface area contributed by atoms with Crippen LogP contribution in [0.15, 0.2) is 29.3 Å². The number of hydrogen-bond acceptors (Lipinski definition) is 4. The number of rotatable bonds is 11. The topological polar surface area (TPSA) is 64.1 Å². The number of para-hydroxylation sites is 1. The number of aliphatic imine (C=N–C) groups is 1. The van der Waals surface area contributed by atoms with E-state index >= 15 is 0 Å². The Morgan fingerprint density at radius 3 is 2.72 bits per heavy atom. The van der Waals surface area contributed by atoms with E-state index in [9.17, 15) is 0 Å². The normalized spacial score (nSPS) is 18.3. The molecule has 3 rings (SSSR count). The van der Waals surface area contributed by atoms with E-state index in [1.54, 1.807) is 0 Å². The van der Waals surface area contributed by atoms with Crippen molar-refractivity contribution in [1.29, 1.82) is 0 Å². The molecule has 1 heterocycles. The van der Waals surface area contributed by atoms with Gasteiger partial charge in [-0.15, -0.1) is 0 Å². The molecule has 1 aliphatic carbocycles. The Kier molecular flexibility index (Phi) is 9.60. The van der Waals surface area contributed by atoms with Crippen LogP contribution in [-0.4, -0.2) is 51.6 Å². The van der Waals surface area contributed by atoms with Crippen molar-refractivity contribution in [1.82, 2.24) is 10.6 Å². The fourth-order valence-corrected chi connectivity index (χ4v) is 3.47. The number of hydrogen-bond donors (Lipinski definition) is 2. The van der Waals surface area contributed by atoms with Gasteiger partial charge in [-0.25, -0.2) is 4.99 Å². The monoisotopic (exact) mass is 403 g/mol. The third kappa shape index (κ3) is 7.86. The van der Waals surface area contributed by atoms with Crippen molar-refractivity contribution >= 4 is 5.96 Å². The number of nitrogens with one attached hydrogen (secondary N) is 2. The van der Waals surface area contributed by atoms with Crippen molar-refractivity contribution in [3.8, 4) is 5.75 Å². The first-order valence-electron chi connectivity index (χ1n) is 11.3. The van der Waals surface area contributed by atoms with Gasteiger partial charge >= 0.3 is 0 Å². The second-order valence-electron chi connectivity index (χ2n) is 7.88. The molecule has 6 heteroatoms. The Hall–Kier alpha value is -1.79. The van der Waals surface area contributed by atoms with Gasteiger partial charge in [-0.05, 0) is 57.4 Å². The van der Waals surface area contributed by atoms with Crippen LogP contribution in [0.1, 0.15) is 51.0 Å². The lowest BCUT2D eigenvalue weighted by atomic mass is 9.96. The Morgan fingerprint density at radius 2 is 1.97 bits per heavy atom. The molecule has 1 saturated carbocycles. The second kappa shape index (κ2) is 12.7. The van der Waals surface area contributed by atoms with E-state index in [-0.39, 0.29) is 0 Å². The molecule has 1 aromatic carbocycles. The molecule has 0 amide bonds.